The van der Waals surface area contributed by atoms with Gasteiger partial charge in [-0.05, 0) is 0 Å². The Morgan fingerprint density at radius 3 is 1.50 bits per heavy atom. The zero-order valence-corrected chi connectivity index (χ0v) is 8.06. The zero-order chi connectivity index (χ0) is 7.15. The van der Waals surface area contributed by atoms with Gasteiger partial charge in [-0.3, -0.25) is 4.79 Å². The summed E-state index contributed by atoms with van der Waals surface area (Å²) in [6, 6.07) is 0. The number of hydrogen-bond acceptors (Lipinski definition) is 4. The second kappa shape index (κ2) is 16.0. The third-order valence-corrected chi connectivity index (χ3v) is 0. The molecule has 6 nitrogen and oxygen atoms in total. The van der Waals surface area contributed by atoms with Crippen LogP contribution in [0.4, 0.5) is 0 Å². The van der Waals surface area contributed by atoms with E-state index in [1.807, 2.05) is 0 Å². The Bertz CT molecular complexity index is 79.3. The molecule has 0 atom stereocenters. The van der Waals surface area contributed by atoms with Crippen molar-refractivity contribution in [2.24, 2.45) is 5.73 Å². The molecule has 0 unspecified atom stereocenters. The summed E-state index contributed by atoms with van der Waals surface area (Å²) in [4.78, 5) is 17.5. The van der Waals surface area contributed by atoms with Gasteiger partial charge in [-0.1, -0.05) is 0 Å². The first kappa shape index (κ1) is 22.5. The first-order chi connectivity index (χ1) is 3.46. The van der Waals surface area contributed by atoms with E-state index >= 15 is 0 Å². The van der Waals surface area contributed by atoms with Crippen molar-refractivity contribution in [3.05, 3.63) is 15.3 Å². The van der Waals surface area contributed by atoms with Crippen molar-refractivity contribution < 1.29 is 32.3 Å². The van der Waals surface area contributed by atoms with E-state index in [0.717, 1.165) is 0 Å². The van der Waals surface area contributed by atoms with Gasteiger partial charge in [0.2, 0.25) is 5.91 Å². The van der Waals surface area contributed by atoms with Crippen LogP contribution in [0, 0.1) is 15.3 Å². The Hall–Kier alpha value is -0.110. The van der Waals surface area contributed by atoms with Gasteiger partial charge in [0, 0.05) is 6.92 Å². The predicted octanol–water partition coefficient (Wildman–Crippen LogP) is -0.172. The Kier molecular flexibility index (Phi) is 35.9. The molecule has 0 bridgehead atoms. The van der Waals surface area contributed by atoms with Gasteiger partial charge in [-0.2, -0.15) is 0 Å². The van der Waals surface area contributed by atoms with E-state index in [0.29, 0.717) is 0 Å². The molecule has 0 saturated heterocycles. The molecule has 0 rings (SSSR count). The number of rotatable bonds is 0. The second-order valence-corrected chi connectivity index (χ2v) is 0.834. The van der Waals surface area contributed by atoms with E-state index in [1.54, 1.807) is 0 Å². The van der Waals surface area contributed by atoms with Crippen molar-refractivity contribution >= 4 is 22.9 Å². The van der Waals surface area contributed by atoms with Gasteiger partial charge in [-0.25, -0.2) is 0 Å². The van der Waals surface area contributed by atoms with Crippen LogP contribution in [-0.2, 0) is 27.2 Å². The average molecular weight is 310 g/mol. The van der Waals surface area contributed by atoms with E-state index in [2.05, 4.69) is 5.73 Å². The Morgan fingerprint density at radius 2 is 1.50 bits per heavy atom. The van der Waals surface area contributed by atoms with E-state index < -0.39 is 5.09 Å². The van der Waals surface area contributed by atoms with Gasteiger partial charge < -0.3 is 21.1 Å². The molecule has 0 fully saturated rings. The van der Waals surface area contributed by atoms with Gasteiger partial charge >= 0.3 is 22.4 Å². The smallest absolute Gasteiger partial charge is 0.370 e. The maximum absolute atomic E-state index is 9.22. The predicted molar refractivity (Wildman–Crippen MR) is 35.6 cm³/mol. The summed E-state index contributed by atoms with van der Waals surface area (Å²) in [7, 11) is 0. The molecule has 66 valence electrons. The van der Waals surface area contributed by atoms with Gasteiger partial charge in [-0.15, -0.1) is 17.0 Å². The Morgan fingerprint density at radius 1 is 1.50 bits per heavy atom. The normalized spacial score (nSPS) is 4.90. The Labute approximate surface area is 83.2 Å². The first-order valence-corrected chi connectivity index (χ1v) is 1.54. The zero-order valence-electron chi connectivity index (χ0n) is 4.87. The largest absolute Gasteiger partial charge is 1.00 e. The summed E-state index contributed by atoms with van der Waals surface area (Å²) < 4.78 is 0. The number of nitrogens with zero attached hydrogens (tertiary/aromatic N) is 1. The van der Waals surface area contributed by atoms with Crippen LogP contribution in [0.5, 0.6) is 0 Å². The number of hydrogen-bond donors (Lipinski definition) is 1. The van der Waals surface area contributed by atoms with Crippen molar-refractivity contribution in [1.29, 1.82) is 0 Å². The molecule has 2 N–H and O–H groups in total. The molecule has 0 spiro atoms. The molecule has 0 saturated carbocycles. The monoisotopic (exact) mass is 308 g/mol. The molecule has 1 amide bonds. The molecule has 0 aliphatic rings. The number of primary amides is 1. The average Bonchev–Trinajstić information content (AvgIpc) is 1.25. The van der Waals surface area contributed by atoms with E-state index in [-0.39, 0.29) is 45.3 Å². The third-order valence-electron chi connectivity index (χ3n) is 0. The van der Waals surface area contributed by atoms with Crippen LogP contribution >= 0.6 is 17.0 Å². The molecule has 0 aromatic carbocycles. The molecule has 0 aliphatic heterocycles. The molecule has 8 heteroatoms. The fraction of sp³-hybridized carbons (Fsp3) is 0.500. The summed E-state index contributed by atoms with van der Waals surface area (Å²) in [6.07, 6.45) is 0. The Balaban J connectivity index is -0.0000000300. The van der Waals surface area contributed by atoms with Crippen LogP contribution in [0.15, 0.2) is 0 Å². The standard InChI is InChI=1S/C2H5NO.Ag.BrH.NO3/c1-2(3)4;;;2-1(3)4/h1H3,(H2,3,4);;1H;/q;+1;;-1. The molecule has 0 aliphatic carbocycles. The number of carbonyl (C=O) groups excluding carboxylic acids is 1. The van der Waals surface area contributed by atoms with Gasteiger partial charge in [0.15, 0.2) is 0 Å². The van der Waals surface area contributed by atoms with Crippen LogP contribution < -0.4 is 5.73 Å². The quantitative estimate of drug-likeness (QED) is 0.380. The first-order valence-electron chi connectivity index (χ1n) is 1.54. The fourth-order valence-electron chi connectivity index (χ4n) is 0. The molecule has 0 aromatic rings. The maximum Gasteiger partial charge on any atom is 1.00 e. The minimum Gasteiger partial charge on any atom is -0.370 e. The minimum atomic E-state index is -1.75. The van der Waals surface area contributed by atoms with Crippen molar-refractivity contribution in [3.8, 4) is 0 Å². The summed E-state index contributed by atoms with van der Waals surface area (Å²) in [5.41, 5.74) is 4.47. The van der Waals surface area contributed by atoms with Crippen LogP contribution in [0.2, 0.25) is 0 Å². The number of amides is 1. The van der Waals surface area contributed by atoms with E-state index in [1.165, 1.54) is 6.92 Å². The van der Waals surface area contributed by atoms with Crippen LogP contribution in [0.25, 0.3) is 0 Å². The fourth-order valence-corrected chi connectivity index (χ4v) is 0. The summed E-state index contributed by atoms with van der Waals surface area (Å²) in [6.45, 7) is 1.31. The van der Waals surface area contributed by atoms with Gasteiger partial charge in [0.25, 0.3) is 0 Å². The van der Waals surface area contributed by atoms with Crippen molar-refractivity contribution in [2.45, 2.75) is 6.92 Å². The SMILES string of the molecule is Br.CC(N)=O.O=[N+]([O-])[O-].[Ag+]. The molecule has 0 radical (unpaired) electrons. The van der Waals surface area contributed by atoms with Crippen molar-refractivity contribution in [3.63, 3.8) is 0 Å². The van der Waals surface area contributed by atoms with Crippen molar-refractivity contribution in [2.75, 3.05) is 0 Å². The molecule has 10 heavy (non-hydrogen) atoms. The molecular formula is C2H6AgBrN2O4. The van der Waals surface area contributed by atoms with E-state index in [4.69, 9.17) is 15.3 Å². The van der Waals surface area contributed by atoms with Gasteiger partial charge in [0.05, 0.1) is 5.09 Å². The third kappa shape index (κ3) is 31100. The number of halogens is 1. The van der Waals surface area contributed by atoms with Crippen LogP contribution in [-0.4, -0.2) is 11.0 Å². The summed E-state index contributed by atoms with van der Waals surface area (Å²) in [5.74, 6) is -0.333. The van der Waals surface area contributed by atoms with Crippen LogP contribution in [0.3, 0.4) is 0 Å². The topological polar surface area (TPSA) is 109 Å². The van der Waals surface area contributed by atoms with E-state index in [9.17, 15) is 4.79 Å². The summed E-state index contributed by atoms with van der Waals surface area (Å²) in [5, 5.41) is 14.8. The molecule has 0 heterocycles. The minimum absolute atomic E-state index is 0. The van der Waals surface area contributed by atoms with Crippen LogP contribution in [0.1, 0.15) is 6.92 Å². The maximum atomic E-state index is 9.22. The number of carbonyl (C=O) groups is 1. The summed E-state index contributed by atoms with van der Waals surface area (Å²) >= 11 is 0. The van der Waals surface area contributed by atoms with Crippen molar-refractivity contribution in [1.82, 2.24) is 0 Å². The van der Waals surface area contributed by atoms with Gasteiger partial charge in [0.1, 0.15) is 0 Å². The molecule has 0 aromatic heterocycles. The number of nitrogens with two attached hydrogens (primary N) is 1. The second-order valence-electron chi connectivity index (χ2n) is 0.834. The molecular weight excluding hydrogens is 304 g/mol.